The van der Waals surface area contributed by atoms with Gasteiger partial charge in [-0.1, -0.05) is 0 Å². The fourth-order valence-corrected chi connectivity index (χ4v) is 4.96. The number of rotatable bonds is 4. The van der Waals surface area contributed by atoms with Crippen LogP contribution in [0.1, 0.15) is 13.8 Å². The van der Waals surface area contributed by atoms with Crippen molar-refractivity contribution >= 4 is 20.0 Å². The first kappa shape index (κ1) is 18.3. The molecule has 1 aromatic carbocycles. The fourth-order valence-electron chi connectivity index (χ4n) is 2.47. The zero-order chi connectivity index (χ0) is 17.4. The van der Waals surface area contributed by atoms with E-state index >= 15 is 0 Å². The van der Waals surface area contributed by atoms with Gasteiger partial charge < -0.3 is 4.74 Å². The van der Waals surface area contributed by atoms with Gasteiger partial charge in [-0.15, -0.1) is 0 Å². The monoisotopic (exact) mass is 362 g/mol. The van der Waals surface area contributed by atoms with Crippen molar-refractivity contribution in [1.29, 1.82) is 0 Å². The summed E-state index contributed by atoms with van der Waals surface area (Å²) in [5.41, 5.74) is 0. The number of hydrogen-bond acceptors (Lipinski definition) is 5. The zero-order valence-corrected chi connectivity index (χ0v) is 15.3. The lowest BCUT2D eigenvalue weighted by atomic mass is 10.3. The number of nitrogens with zero attached hydrogens (tertiary/aromatic N) is 2. The van der Waals surface area contributed by atoms with E-state index in [1.807, 2.05) is 13.8 Å². The summed E-state index contributed by atoms with van der Waals surface area (Å²) in [5.74, 6) is 0. The summed E-state index contributed by atoms with van der Waals surface area (Å²) >= 11 is 0. The predicted octanol–water partition coefficient (Wildman–Crippen LogP) is 0.735. The second-order valence-electron chi connectivity index (χ2n) is 5.84. The first-order chi connectivity index (χ1) is 10.5. The van der Waals surface area contributed by atoms with E-state index in [1.54, 1.807) is 0 Å². The summed E-state index contributed by atoms with van der Waals surface area (Å²) < 4.78 is 57.4. The van der Waals surface area contributed by atoms with Crippen LogP contribution in [-0.4, -0.2) is 64.8 Å². The average Bonchev–Trinajstić information content (AvgIpc) is 2.46. The van der Waals surface area contributed by atoms with Gasteiger partial charge in [0.1, 0.15) is 0 Å². The van der Waals surface area contributed by atoms with E-state index < -0.39 is 20.0 Å². The minimum absolute atomic E-state index is 0.0603. The molecule has 130 valence electrons. The molecule has 0 saturated carbocycles. The van der Waals surface area contributed by atoms with Crippen LogP contribution in [0.3, 0.4) is 0 Å². The van der Waals surface area contributed by atoms with Crippen LogP contribution in [0, 0.1) is 0 Å². The molecule has 0 amide bonds. The molecule has 0 aromatic heterocycles. The molecule has 1 fully saturated rings. The van der Waals surface area contributed by atoms with Crippen molar-refractivity contribution in [2.24, 2.45) is 0 Å². The van der Waals surface area contributed by atoms with Crippen LogP contribution < -0.4 is 0 Å². The Morgan fingerprint density at radius 2 is 1.39 bits per heavy atom. The minimum atomic E-state index is -3.67. The molecule has 9 heteroatoms. The molecule has 1 aromatic rings. The first-order valence-electron chi connectivity index (χ1n) is 7.23. The van der Waals surface area contributed by atoms with Gasteiger partial charge in [0, 0.05) is 27.2 Å². The standard InChI is InChI=1S/C14H22N2O5S2/c1-11-9-16(10-12(2)21-11)23(19,20)14-7-5-13(6-8-14)22(17,18)15(3)4/h5-8,11-12H,9-10H2,1-4H3. The largest absolute Gasteiger partial charge is 0.373 e. The van der Waals surface area contributed by atoms with Crippen molar-refractivity contribution < 1.29 is 21.6 Å². The molecule has 1 heterocycles. The van der Waals surface area contributed by atoms with E-state index in [4.69, 9.17) is 4.74 Å². The first-order valence-corrected chi connectivity index (χ1v) is 10.1. The third-order valence-corrected chi connectivity index (χ3v) is 7.30. The van der Waals surface area contributed by atoms with Crippen molar-refractivity contribution in [1.82, 2.24) is 8.61 Å². The van der Waals surface area contributed by atoms with Gasteiger partial charge in [0.05, 0.1) is 22.0 Å². The molecule has 0 radical (unpaired) electrons. The molecule has 1 aliphatic rings. The Bertz CT molecular complexity index is 747. The molecule has 0 aliphatic carbocycles. The van der Waals surface area contributed by atoms with Crippen molar-refractivity contribution in [3.63, 3.8) is 0 Å². The zero-order valence-electron chi connectivity index (χ0n) is 13.6. The normalized spacial score (nSPS) is 24.0. The highest BCUT2D eigenvalue weighted by Crippen LogP contribution is 2.23. The molecule has 0 spiro atoms. The Balaban J connectivity index is 2.31. The molecule has 2 rings (SSSR count). The van der Waals surface area contributed by atoms with E-state index in [0.717, 1.165) is 4.31 Å². The van der Waals surface area contributed by atoms with Gasteiger partial charge >= 0.3 is 0 Å². The van der Waals surface area contributed by atoms with E-state index in [9.17, 15) is 16.8 Å². The van der Waals surface area contributed by atoms with Gasteiger partial charge in [0.2, 0.25) is 20.0 Å². The van der Waals surface area contributed by atoms with E-state index in [1.165, 1.54) is 42.7 Å². The van der Waals surface area contributed by atoms with Gasteiger partial charge in [0.15, 0.2) is 0 Å². The van der Waals surface area contributed by atoms with Crippen LogP contribution in [-0.2, 0) is 24.8 Å². The Labute approximate surface area is 137 Å². The second-order valence-corrected chi connectivity index (χ2v) is 9.93. The van der Waals surface area contributed by atoms with E-state index in [0.29, 0.717) is 0 Å². The third kappa shape index (κ3) is 3.74. The smallest absolute Gasteiger partial charge is 0.243 e. The van der Waals surface area contributed by atoms with Crippen LogP contribution in [0.15, 0.2) is 34.1 Å². The van der Waals surface area contributed by atoms with Crippen LogP contribution in [0.25, 0.3) is 0 Å². The quantitative estimate of drug-likeness (QED) is 0.789. The molecular formula is C14H22N2O5S2. The van der Waals surface area contributed by atoms with Gasteiger partial charge in [-0.25, -0.2) is 21.1 Å². The summed E-state index contributed by atoms with van der Waals surface area (Å²) in [5, 5.41) is 0. The van der Waals surface area contributed by atoms with Gasteiger partial charge in [-0.3, -0.25) is 0 Å². The van der Waals surface area contributed by atoms with E-state index in [2.05, 4.69) is 0 Å². The Morgan fingerprint density at radius 1 is 0.957 bits per heavy atom. The molecular weight excluding hydrogens is 340 g/mol. The number of sulfonamides is 2. The summed E-state index contributed by atoms with van der Waals surface area (Å²) in [7, 11) is -4.39. The number of ether oxygens (including phenoxy) is 1. The summed E-state index contributed by atoms with van der Waals surface area (Å²) in [6, 6.07) is 5.29. The molecule has 1 aliphatic heterocycles. The molecule has 2 unspecified atom stereocenters. The Morgan fingerprint density at radius 3 is 1.83 bits per heavy atom. The molecule has 0 bridgehead atoms. The van der Waals surface area contributed by atoms with Crippen LogP contribution >= 0.6 is 0 Å². The number of hydrogen-bond donors (Lipinski definition) is 0. The summed E-state index contributed by atoms with van der Waals surface area (Å²) in [6.45, 7) is 4.21. The highest BCUT2D eigenvalue weighted by Gasteiger charge is 2.32. The van der Waals surface area contributed by atoms with Crippen LogP contribution in [0.4, 0.5) is 0 Å². The lowest BCUT2D eigenvalue weighted by molar-refractivity contribution is -0.0440. The van der Waals surface area contributed by atoms with Crippen molar-refractivity contribution in [2.45, 2.75) is 35.8 Å². The summed E-state index contributed by atoms with van der Waals surface area (Å²) in [6.07, 6.45) is -0.358. The Kier molecular flexibility index (Phi) is 5.17. The van der Waals surface area contributed by atoms with Crippen molar-refractivity contribution in [2.75, 3.05) is 27.2 Å². The SMILES string of the molecule is CC1CN(S(=O)(=O)c2ccc(S(=O)(=O)N(C)C)cc2)CC(C)O1. The maximum Gasteiger partial charge on any atom is 0.243 e. The lowest BCUT2D eigenvalue weighted by Gasteiger charge is -2.34. The molecule has 7 nitrogen and oxygen atoms in total. The molecule has 1 saturated heterocycles. The third-order valence-electron chi connectivity index (χ3n) is 3.63. The minimum Gasteiger partial charge on any atom is -0.373 e. The number of morpholine rings is 1. The predicted molar refractivity (Wildman–Crippen MR) is 86.1 cm³/mol. The molecule has 23 heavy (non-hydrogen) atoms. The summed E-state index contributed by atoms with van der Waals surface area (Å²) in [4.78, 5) is 0.140. The fraction of sp³-hybridized carbons (Fsp3) is 0.571. The lowest BCUT2D eigenvalue weighted by Crippen LogP contribution is -2.48. The second kappa shape index (κ2) is 6.48. The van der Waals surface area contributed by atoms with Crippen molar-refractivity contribution in [3.05, 3.63) is 24.3 Å². The average molecular weight is 362 g/mol. The van der Waals surface area contributed by atoms with Crippen molar-refractivity contribution in [3.8, 4) is 0 Å². The van der Waals surface area contributed by atoms with Gasteiger partial charge in [0.25, 0.3) is 0 Å². The number of benzene rings is 1. The van der Waals surface area contributed by atoms with Gasteiger partial charge in [-0.05, 0) is 38.1 Å². The topological polar surface area (TPSA) is 84.0 Å². The maximum absolute atomic E-state index is 12.7. The maximum atomic E-state index is 12.7. The Hall–Kier alpha value is -1.00. The highest BCUT2D eigenvalue weighted by atomic mass is 32.2. The highest BCUT2D eigenvalue weighted by molar-refractivity contribution is 7.89. The molecule has 2 atom stereocenters. The van der Waals surface area contributed by atoms with Crippen LogP contribution in [0.5, 0.6) is 0 Å². The van der Waals surface area contributed by atoms with E-state index in [-0.39, 0.29) is 35.1 Å². The van der Waals surface area contributed by atoms with Gasteiger partial charge in [-0.2, -0.15) is 4.31 Å². The van der Waals surface area contributed by atoms with Crippen LogP contribution in [0.2, 0.25) is 0 Å². The molecule has 0 N–H and O–H groups in total.